The molecule has 1 fully saturated rings. The number of hydrogen-bond acceptors (Lipinski definition) is 5. The molecule has 2 aromatic rings. The van der Waals surface area contributed by atoms with E-state index in [4.69, 9.17) is 16.6 Å². The number of carbonyl (C=O) groups excluding carboxylic acids is 1. The van der Waals surface area contributed by atoms with Gasteiger partial charge in [0.05, 0.1) is 0 Å². The third kappa shape index (κ3) is 6.59. The monoisotopic (exact) mass is 429 g/mol. The van der Waals surface area contributed by atoms with Crippen LogP contribution in [0.4, 0.5) is 11.6 Å². The minimum Gasteiger partial charge on any atom is -0.357 e. The van der Waals surface area contributed by atoms with Crippen LogP contribution in [0.25, 0.3) is 0 Å². The number of aliphatic imine (C=N–C) groups is 1. The molecule has 30 heavy (non-hydrogen) atoms. The van der Waals surface area contributed by atoms with Gasteiger partial charge >= 0.3 is 0 Å². The molecule has 0 saturated carbocycles. The maximum absolute atomic E-state index is 12.1. The van der Waals surface area contributed by atoms with Crippen molar-refractivity contribution in [3.63, 3.8) is 0 Å². The van der Waals surface area contributed by atoms with E-state index in [1.807, 2.05) is 6.07 Å². The number of nitrogens with one attached hydrogen (secondary N) is 2. The van der Waals surface area contributed by atoms with Gasteiger partial charge in [0.15, 0.2) is 5.96 Å². The lowest BCUT2D eigenvalue weighted by atomic mass is 10.2. The minimum absolute atomic E-state index is 0.0194. The number of halogens is 1. The molecule has 9 heteroatoms. The fraction of sp³-hybridized carbons (Fsp3) is 0.429. The van der Waals surface area contributed by atoms with Crippen molar-refractivity contribution >= 4 is 35.1 Å². The van der Waals surface area contributed by atoms with Crippen LogP contribution in [-0.4, -0.2) is 66.0 Å². The summed E-state index contributed by atoms with van der Waals surface area (Å²) in [6, 6.07) is 8.93. The standard InChI is InChI=1S/C21H28ClN7O/c1-2-23-20(28-13-15-29(16-14-28)21-25-11-4-12-26-21)24-10-3-5-19(30)27-18-8-6-17(22)7-9-18/h4,6-9,11-12H,2-3,5,10,13-16H2,1H3,(H,23,24)(H,27,30). The first-order valence-electron chi connectivity index (χ1n) is 10.3. The maximum Gasteiger partial charge on any atom is 0.225 e. The number of benzene rings is 1. The largest absolute Gasteiger partial charge is 0.357 e. The Balaban J connectivity index is 1.44. The molecule has 1 aliphatic rings. The highest BCUT2D eigenvalue weighted by Crippen LogP contribution is 2.14. The molecule has 1 aliphatic heterocycles. The molecule has 3 rings (SSSR count). The van der Waals surface area contributed by atoms with Crippen molar-refractivity contribution in [2.45, 2.75) is 19.8 Å². The van der Waals surface area contributed by atoms with Gasteiger partial charge in [-0.25, -0.2) is 9.97 Å². The molecular formula is C21H28ClN7O. The second-order valence-electron chi connectivity index (χ2n) is 6.92. The van der Waals surface area contributed by atoms with E-state index >= 15 is 0 Å². The van der Waals surface area contributed by atoms with E-state index in [1.54, 1.807) is 36.7 Å². The van der Waals surface area contributed by atoms with Gasteiger partial charge in [0, 0.05) is 68.8 Å². The van der Waals surface area contributed by atoms with Crippen LogP contribution in [0.15, 0.2) is 47.7 Å². The molecule has 0 spiro atoms. The van der Waals surface area contributed by atoms with Crippen molar-refractivity contribution in [2.75, 3.05) is 49.5 Å². The van der Waals surface area contributed by atoms with E-state index in [1.165, 1.54) is 0 Å². The molecule has 1 saturated heterocycles. The smallest absolute Gasteiger partial charge is 0.225 e. The minimum atomic E-state index is -0.0194. The first-order chi connectivity index (χ1) is 14.7. The zero-order valence-electron chi connectivity index (χ0n) is 17.2. The summed E-state index contributed by atoms with van der Waals surface area (Å²) < 4.78 is 0. The average molecular weight is 430 g/mol. The molecule has 1 aromatic heterocycles. The first kappa shape index (κ1) is 21.8. The molecule has 1 aromatic carbocycles. The third-order valence-electron chi connectivity index (χ3n) is 4.70. The van der Waals surface area contributed by atoms with Crippen molar-refractivity contribution in [3.05, 3.63) is 47.7 Å². The zero-order valence-corrected chi connectivity index (χ0v) is 18.0. The summed E-state index contributed by atoms with van der Waals surface area (Å²) in [5.74, 6) is 1.64. The van der Waals surface area contributed by atoms with Gasteiger partial charge in [-0.2, -0.15) is 0 Å². The van der Waals surface area contributed by atoms with Gasteiger partial charge in [-0.05, 0) is 43.7 Å². The Morgan fingerprint density at radius 1 is 1.13 bits per heavy atom. The van der Waals surface area contributed by atoms with Crippen molar-refractivity contribution < 1.29 is 4.79 Å². The number of anilines is 2. The predicted octanol–water partition coefficient (Wildman–Crippen LogP) is 2.64. The van der Waals surface area contributed by atoms with E-state index in [2.05, 4.69) is 37.3 Å². The molecule has 0 bridgehead atoms. The first-order valence-corrected chi connectivity index (χ1v) is 10.6. The van der Waals surface area contributed by atoms with Gasteiger partial charge in [0.2, 0.25) is 11.9 Å². The summed E-state index contributed by atoms with van der Waals surface area (Å²) in [5, 5.41) is 6.88. The Kier molecular flexibility index (Phi) is 8.26. The number of guanidine groups is 1. The van der Waals surface area contributed by atoms with Crippen LogP contribution in [0.5, 0.6) is 0 Å². The number of piperazine rings is 1. The van der Waals surface area contributed by atoms with Crippen molar-refractivity contribution in [1.82, 2.24) is 20.2 Å². The van der Waals surface area contributed by atoms with Crippen LogP contribution in [-0.2, 0) is 4.79 Å². The highest BCUT2D eigenvalue weighted by molar-refractivity contribution is 6.30. The van der Waals surface area contributed by atoms with Crippen molar-refractivity contribution in [2.24, 2.45) is 4.99 Å². The normalized spacial score (nSPS) is 14.5. The van der Waals surface area contributed by atoms with Crippen LogP contribution in [0.2, 0.25) is 5.02 Å². The van der Waals surface area contributed by atoms with E-state index < -0.39 is 0 Å². The lowest BCUT2D eigenvalue weighted by Gasteiger charge is -2.36. The van der Waals surface area contributed by atoms with E-state index in [0.29, 0.717) is 24.4 Å². The predicted molar refractivity (Wildman–Crippen MR) is 121 cm³/mol. The second kappa shape index (κ2) is 11.3. The molecule has 2 heterocycles. The number of nitrogens with zero attached hydrogens (tertiary/aromatic N) is 5. The Labute approximate surface area is 182 Å². The molecular weight excluding hydrogens is 402 g/mol. The number of carbonyl (C=O) groups is 1. The highest BCUT2D eigenvalue weighted by atomic mass is 35.5. The summed E-state index contributed by atoms with van der Waals surface area (Å²) in [5.41, 5.74) is 0.751. The number of aromatic nitrogens is 2. The maximum atomic E-state index is 12.1. The summed E-state index contributed by atoms with van der Waals surface area (Å²) in [7, 11) is 0. The Bertz CT molecular complexity index is 821. The number of amides is 1. The van der Waals surface area contributed by atoms with Crippen LogP contribution in [0, 0.1) is 0 Å². The third-order valence-corrected chi connectivity index (χ3v) is 4.95. The highest BCUT2D eigenvalue weighted by Gasteiger charge is 2.20. The molecule has 0 unspecified atom stereocenters. The molecule has 1 amide bonds. The van der Waals surface area contributed by atoms with Gasteiger partial charge in [-0.3, -0.25) is 9.79 Å². The average Bonchev–Trinajstić information content (AvgIpc) is 2.78. The summed E-state index contributed by atoms with van der Waals surface area (Å²) in [4.78, 5) is 29.9. The van der Waals surface area contributed by atoms with Gasteiger partial charge in [-0.15, -0.1) is 0 Å². The van der Waals surface area contributed by atoms with Crippen LogP contribution in [0.3, 0.4) is 0 Å². The van der Waals surface area contributed by atoms with Gasteiger partial charge < -0.3 is 20.4 Å². The van der Waals surface area contributed by atoms with Gasteiger partial charge in [-0.1, -0.05) is 11.6 Å². The molecule has 2 N–H and O–H groups in total. The van der Waals surface area contributed by atoms with Crippen molar-refractivity contribution in [3.8, 4) is 0 Å². The fourth-order valence-corrected chi connectivity index (χ4v) is 3.31. The topological polar surface area (TPSA) is 85.8 Å². The van der Waals surface area contributed by atoms with Gasteiger partial charge in [0.25, 0.3) is 0 Å². The molecule has 160 valence electrons. The van der Waals surface area contributed by atoms with Crippen LogP contribution in [0.1, 0.15) is 19.8 Å². The molecule has 8 nitrogen and oxygen atoms in total. The van der Waals surface area contributed by atoms with E-state index in [-0.39, 0.29) is 5.91 Å². The van der Waals surface area contributed by atoms with E-state index in [9.17, 15) is 4.79 Å². The molecule has 0 radical (unpaired) electrons. The Morgan fingerprint density at radius 3 is 2.50 bits per heavy atom. The number of hydrogen-bond donors (Lipinski definition) is 2. The van der Waals surface area contributed by atoms with Crippen molar-refractivity contribution in [1.29, 1.82) is 0 Å². The summed E-state index contributed by atoms with van der Waals surface area (Å²) in [6.07, 6.45) is 4.64. The summed E-state index contributed by atoms with van der Waals surface area (Å²) >= 11 is 5.86. The summed E-state index contributed by atoms with van der Waals surface area (Å²) in [6.45, 7) is 6.84. The Morgan fingerprint density at radius 2 is 1.83 bits per heavy atom. The van der Waals surface area contributed by atoms with Crippen LogP contribution >= 0.6 is 11.6 Å². The Hall–Kier alpha value is -2.87. The lowest BCUT2D eigenvalue weighted by Crippen LogP contribution is -2.53. The van der Waals surface area contributed by atoms with E-state index in [0.717, 1.165) is 50.3 Å². The SMILES string of the molecule is CCNC(=NCCCC(=O)Nc1ccc(Cl)cc1)N1CCN(c2ncccn2)CC1. The fourth-order valence-electron chi connectivity index (χ4n) is 3.18. The quantitative estimate of drug-likeness (QED) is 0.400. The lowest BCUT2D eigenvalue weighted by molar-refractivity contribution is -0.116. The van der Waals surface area contributed by atoms with Gasteiger partial charge in [0.1, 0.15) is 0 Å². The second-order valence-corrected chi connectivity index (χ2v) is 7.35. The van der Waals surface area contributed by atoms with Crippen LogP contribution < -0.4 is 15.5 Å². The molecule has 0 atom stereocenters. The number of rotatable bonds is 7. The zero-order chi connectivity index (χ0) is 21.2. The molecule has 0 aliphatic carbocycles.